The van der Waals surface area contributed by atoms with Crippen LogP contribution in [-0.4, -0.2) is 35.1 Å². The molecule has 0 aliphatic carbocycles. The molecule has 0 spiro atoms. The second-order valence-corrected chi connectivity index (χ2v) is 4.87. The lowest BCUT2D eigenvalue weighted by molar-refractivity contribution is -0.384. The Labute approximate surface area is 143 Å². The number of pyridine rings is 1. The Balaban J connectivity index is 2.48. The van der Waals surface area contributed by atoms with E-state index in [1.165, 1.54) is 18.2 Å². The zero-order chi connectivity index (χ0) is 18.4. The average molecular weight is 344 g/mol. The molecule has 1 aromatic heterocycles. The van der Waals surface area contributed by atoms with E-state index in [1.807, 2.05) is 0 Å². The van der Waals surface area contributed by atoms with Crippen LogP contribution in [0.25, 0.3) is 17.0 Å². The van der Waals surface area contributed by atoms with Crippen LogP contribution in [-0.2, 0) is 19.1 Å². The number of carbonyl (C=O) groups is 2. The van der Waals surface area contributed by atoms with Gasteiger partial charge in [-0.15, -0.1) is 0 Å². The molecule has 0 atom stereocenters. The Kier molecular flexibility index (Phi) is 5.78. The maximum Gasteiger partial charge on any atom is 0.345 e. The van der Waals surface area contributed by atoms with Gasteiger partial charge in [0.2, 0.25) is 0 Å². The van der Waals surface area contributed by atoms with E-state index in [1.54, 1.807) is 32.0 Å². The van der Waals surface area contributed by atoms with Crippen LogP contribution in [0.3, 0.4) is 0 Å². The Morgan fingerprint density at radius 1 is 1.12 bits per heavy atom. The molecule has 0 fully saturated rings. The zero-order valence-electron chi connectivity index (χ0n) is 13.7. The van der Waals surface area contributed by atoms with Crippen molar-refractivity contribution in [3.63, 3.8) is 0 Å². The van der Waals surface area contributed by atoms with Crippen molar-refractivity contribution in [3.8, 4) is 0 Å². The summed E-state index contributed by atoms with van der Waals surface area (Å²) in [6.45, 7) is 3.45. The highest BCUT2D eigenvalue weighted by molar-refractivity contribution is 6.17. The minimum atomic E-state index is -0.818. The van der Waals surface area contributed by atoms with Gasteiger partial charge in [0.05, 0.1) is 29.3 Å². The quantitative estimate of drug-likeness (QED) is 0.198. The van der Waals surface area contributed by atoms with E-state index in [0.717, 1.165) is 0 Å². The summed E-state index contributed by atoms with van der Waals surface area (Å²) < 4.78 is 9.71. The molecule has 130 valence electrons. The van der Waals surface area contributed by atoms with Gasteiger partial charge >= 0.3 is 11.9 Å². The Hall–Kier alpha value is -3.29. The maximum atomic E-state index is 12.0. The van der Waals surface area contributed by atoms with Crippen molar-refractivity contribution in [2.45, 2.75) is 13.8 Å². The normalized spacial score (nSPS) is 10.2. The van der Waals surface area contributed by atoms with Crippen LogP contribution in [0.2, 0.25) is 0 Å². The number of hydrogen-bond donors (Lipinski definition) is 0. The van der Waals surface area contributed by atoms with E-state index in [2.05, 4.69) is 4.98 Å². The SMILES string of the molecule is CCOC(=O)C(=Cc1ccc2ccc([N+](=O)[O-])cc2n1)C(=O)OCC. The second kappa shape index (κ2) is 8.00. The number of benzene rings is 1. The summed E-state index contributed by atoms with van der Waals surface area (Å²) in [4.78, 5) is 38.5. The largest absolute Gasteiger partial charge is 0.462 e. The van der Waals surface area contributed by atoms with Crippen LogP contribution in [0.1, 0.15) is 19.5 Å². The molecule has 0 N–H and O–H groups in total. The molecule has 0 aliphatic heterocycles. The van der Waals surface area contributed by atoms with Crippen LogP contribution in [0.15, 0.2) is 35.9 Å². The first-order valence-corrected chi connectivity index (χ1v) is 7.57. The van der Waals surface area contributed by atoms with Crippen molar-refractivity contribution in [1.82, 2.24) is 4.98 Å². The average Bonchev–Trinajstić information content (AvgIpc) is 2.59. The number of carbonyl (C=O) groups excluding carboxylic acids is 2. The van der Waals surface area contributed by atoms with Crippen molar-refractivity contribution in [2.24, 2.45) is 0 Å². The second-order valence-electron chi connectivity index (χ2n) is 4.87. The van der Waals surface area contributed by atoms with Crippen molar-refractivity contribution in [1.29, 1.82) is 0 Å². The number of nitro benzene ring substituents is 1. The summed E-state index contributed by atoms with van der Waals surface area (Å²) in [5.74, 6) is -1.64. The van der Waals surface area contributed by atoms with E-state index in [9.17, 15) is 19.7 Å². The van der Waals surface area contributed by atoms with Gasteiger partial charge in [-0.25, -0.2) is 14.6 Å². The van der Waals surface area contributed by atoms with E-state index >= 15 is 0 Å². The van der Waals surface area contributed by atoms with Crippen LogP contribution >= 0.6 is 0 Å². The van der Waals surface area contributed by atoms with Crippen molar-refractivity contribution >= 4 is 34.6 Å². The summed E-state index contributed by atoms with van der Waals surface area (Å²) in [6.07, 6.45) is 1.24. The Morgan fingerprint density at radius 3 is 2.28 bits per heavy atom. The first kappa shape index (κ1) is 18.1. The highest BCUT2D eigenvalue weighted by Gasteiger charge is 2.21. The molecule has 2 aromatic rings. The molecule has 0 radical (unpaired) electrons. The molecule has 1 heterocycles. The van der Waals surface area contributed by atoms with Crippen molar-refractivity contribution < 1.29 is 24.0 Å². The third kappa shape index (κ3) is 4.37. The molecule has 8 nitrogen and oxygen atoms in total. The molecule has 0 bridgehead atoms. The van der Waals surface area contributed by atoms with E-state index in [0.29, 0.717) is 10.9 Å². The number of nitrogens with zero attached hydrogens (tertiary/aromatic N) is 2. The minimum Gasteiger partial charge on any atom is -0.462 e. The number of ether oxygens (including phenoxy) is 2. The van der Waals surface area contributed by atoms with Gasteiger partial charge in [-0.2, -0.15) is 0 Å². The van der Waals surface area contributed by atoms with E-state index in [4.69, 9.17) is 9.47 Å². The predicted octanol–water partition coefficient (Wildman–Crippen LogP) is 2.65. The van der Waals surface area contributed by atoms with Crippen molar-refractivity contribution in [2.75, 3.05) is 13.2 Å². The number of rotatable bonds is 6. The van der Waals surface area contributed by atoms with Gasteiger partial charge in [-0.1, -0.05) is 6.07 Å². The summed E-state index contributed by atoms with van der Waals surface area (Å²) in [5, 5.41) is 11.6. The van der Waals surface area contributed by atoms with Gasteiger partial charge < -0.3 is 9.47 Å². The lowest BCUT2D eigenvalue weighted by Crippen LogP contribution is -2.18. The molecular formula is C17H16N2O6. The maximum absolute atomic E-state index is 12.0. The molecule has 25 heavy (non-hydrogen) atoms. The molecular weight excluding hydrogens is 328 g/mol. The minimum absolute atomic E-state index is 0.0999. The molecule has 1 aromatic carbocycles. The fourth-order valence-electron chi connectivity index (χ4n) is 2.08. The van der Waals surface area contributed by atoms with E-state index < -0.39 is 16.9 Å². The fourth-order valence-corrected chi connectivity index (χ4v) is 2.08. The topological polar surface area (TPSA) is 109 Å². The number of hydrogen-bond acceptors (Lipinski definition) is 7. The fraction of sp³-hybridized carbons (Fsp3) is 0.235. The molecule has 8 heteroatoms. The van der Waals surface area contributed by atoms with Crippen molar-refractivity contribution in [3.05, 3.63) is 51.7 Å². The molecule has 0 unspecified atom stereocenters. The third-order valence-electron chi connectivity index (χ3n) is 3.19. The zero-order valence-corrected chi connectivity index (χ0v) is 13.7. The number of esters is 2. The Morgan fingerprint density at radius 2 is 1.72 bits per heavy atom. The molecule has 2 rings (SSSR count). The highest BCUT2D eigenvalue weighted by Crippen LogP contribution is 2.20. The summed E-state index contributed by atoms with van der Waals surface area (Å²) in [7, 11) is 0. The van der Waals surface area contributed by atoms with Crippen LogP contribution in [0.4, 0.5) is 5.69 Å². The number of fused-ring (bicyclic) bond motifs is 1. The van der Waals surface area contributed by atoms with Crippen LogP contribution < -0.4 is 0 Å². The Bertz CT molecular complexity index is 839. The molecule has 0 aliphatic rings. The third-order valence-corrected chi connectivity index (χ3v) is 3.19. The van der Waals surface area contributed by atoms with Crippen LogP contribution in [0, 0.1) is 10.1 Å². The van der Waals surface area contributed by atoms with Gasteiger partial charge in [0.15, 0.2) is 0 Å². The van der Waals surface area contributed by atoms with Gasteiger partial charge in [0.1, 0.15) is 5.57 Å². The van der Waals surface area contributed by atoms with Gasteiger partial charge in [0, 0.05) is 17.5 Å². The summed E-state index contributed by atoms with van der Waals surface area (Å²) in [5.41, 5.74) is 0.261. The van der Waals surface area contributed by atoms with Crippen LogP contribution in [0.5, 0.6) is 0 Å². The number of aromatic nitrogens is 1. The summed E-state index contributed by atoms with van der Waals surface area (Å²) in [6, 6.07) is 7.55. The molecule has 0 amide bonds. The number of nitro groups is 1. The standard InChI is InChI=1S/C17H16N2O6/c1-3-24-16(20)14(17(21)25-4-2)9-12-7-5-11-6-8-13(19(22)23)10-15(11)18-12/h5-10H,3-4H2,1-2H3. The number of non-ortho nitro benzene ring substituents is 1. The lowest BCUT2D eigenvalue weighted by Gasteiger charge is -2.06. The smallest absolute Gasteiger partial charge is 0.345 e. The highest BCUT2D eigenvalue weighted by atomic mass is 16.6. The first-order chi connectivity index (χ1) is 12.0. The monoisotopic (exact) mass is 344 g/mol. The molecule has 0 saturated carbocycles. The first-order valence-electron chi connectivity index (χ1n) is 7.57. The van der Waals surface area contributed by atoms with Gasteiger partial charge in [-0.05, 0) is 32.1 Å². The lowest BCUT2D eigenvalue weighted by atomic mass is 10.1. The van der Waals surface area contributed by atoms with E-state index in [-0.39, 0.29) is 30.2 Å². The van der Waals surface area contributed by atoms with Gasteiger partial charge in [0.25, 0.3) is 5.69 Å². The summed E-state index contributed by atoms with van der Waals surface area (Å²) >= 11 is 0. The molecule has 0 saturated heterocycles. The van der Waals surface area contributed by atoms with Gasteiger partial charge in [-0.3, -0.25) is 10.1 Å². The predicted molar refractivity (Wildman–Crippen MR) is 89.6 cm³/mol.